The molecule has 2 nitrogen and oxygen atoms in total. The highest BCUT2D eigenvalue weighted by Gasteiger charge is 2.23. The van der Waals surface area contributed by atoms with Crippen LogP contribution in [-0.2, 0) is 0 Å². The van der Waals surface area contributed by atoms with Crippen molar-refractivity contribution in [1.82, 2.24) is 0 Å². The van der Waals surface area contributed by atoms with Gasteiger partial charge in [0.15, 0.2) is 0 Å². The predicted octanol–water partition coefficient (Wildman–Crippen LogP) is 12.2. The molecule has 0 saturated carbocycles. The Bertz CT molecular complexity index is 2480. The van der Waals surface area contributed by atoms with E-state index in [9.17, 15) is 0 Å². The molecule has 0 saturated heterocycles. The summed E-state index contributed by atoms with van der Waals surface area (Å²) in [6.07, 6.45) is 9.83. The molecule has 0 bridgehead atoms. The first kappa shape index (κ1) is 26.5. The quantitative estimate of drug-likeness (QED) is 0.199. The summed E-state index contributed by atoms with van der Waals surface area (Å²) in [5, 5.41) is 7.13. The molecule has 0 spiro atoms. The fraction of sp³-hybridized carbons (Fsp3) is 0.0455. The van der Waals surface area contributed by atoms with Crippen molar-refractivity contribution in [2.24, 2.45) is 0 Å². The van der Waals surface area contributed by atoms with Gasteiger partial charge in [-0.3, -0.25) is 0 Å². The van der Waals surface area contributed by atoms with Crippen LogP contribution in [-0.4, -0.2) is 6.04 Å². The van der Waals surface area contributed by atoms with Crippen LogP contribution in [0.5, 0.6) is 0 Å². The Balaban J connectivity index is 1.19. The fourth-order valence-electron chi connectivity index (χ4n) is 7.07. The molecule has 8 aromatic rings. The van der Waals surface area contributed by atoms with Crippen LogP contribution in [0.25, 0.3) is 65.7 Å². The van der Waals surface area contributed by atoms with E-state index in [2.05, 4.69) is 175 Å². The van der Waals surface area contributed by atoms with Crippen LogP contribution in [0.2, 0.25) is 0 Å². The Morgan fingerprint density at radius 3 is 2.22 bits per heavy atom. The van der Waals surface area contributed by atoms with E-state index in [4.69, 9.17) is 4.42 Å². The Morgan fingerprint density at radius 2 is 1.30 bits per heavy atom. The minimum Gasteiger partial charge on any atom is -0.455 e. The summed E-state index contributed by atoms with van der Waals surface area (Å²) in [4.78, 5) is 2.51. The molecular weight excluding hydrogens is 558 g/mol. The second kappa shape index (κ2) is 10.9. The van der Waals surface area contributed by atoms with Crippen LogP contribution in [0.3, 0.4) is 0 Å². The molecule has 7 aromatic carbocycles. The number of hydrogen-bond acceptors (Lipinski definition) is 2. The van der Waals surface area contributed by atoms with Crippen molar-refractivity contribution in [3.05, 3.63) is 170 Å². The monoisotopic (exact) mass is 589 g/mol. The lowest BCUT2D eigenvalue weighted by molar-refractivity contribution is 0.672. The topological polar surface area (TPSA) is 16.4 Å². The first-order valence-electron chi connectivity index (χ1n) is 16.0. The smallest absolute Gasteiger partial charge is 0.143 e. The van der Waals surface area contributed by atoms with Crippen LogP contribution >= 0.6 is 0 Å². The van der Waals surface area contributed by atoms with Crippen molar-refractivity contribution in [1.29, 1.82) is 0 Å². The molecule has 0 N–H and O–H groups in total. The molecule has 2 heteroatoms. The van der Waals surface area contributed by atoms with Crippen LogP contribution < -0.4 is 4.90 Å². The van der Waals surface area contributed by atoms with E-state index in [1.54, 1.807) is 0 Å². The van der Waals surface area contributed by atoms with E-state index < -0.39 is 0 Å². The molecule has 1 atom stereocenters. The first-order valence-corrected chi connectivity index (χ1v) is 16.0. The number of anilines is 2. The third kappa shape index (κ3) is 4.50. The lowest BCUT2D eigenvalue weighted by atomic mass is 9.96. The number of para-hydroxylation sites is 1. The summed E-state index contributed by atoms with van der Waals surface area (Å²) >= 11 is 0. The Labute approximate surface area is 268 Å². The highest BCUT2D eigenvalue weighted by atomic mass is 16.3. The lowest BCUT2D eigenvalue weighted by Crippen LogP contribution is -2.30. The summed E-state index contributed by atoms with van der Waals surface area (Å²) in [6, 6.07) is 52.7. The molecular formula is C44H31NO. The highest BCUT2D eigenvalue weighted by Crippen LogP contribution is 2.42. The summed E-state index contributed by atoms with van der Waals surface area (Å²) < 4.78 is 6.45. The number of fused-ring (bicyclic) bond motifs is 6. The molecule has 0 amide bonds. The van der Waals surface area contributed by atoms with E-state index in [1.165, 1.54) is 49.8 Å². The lowest BCUT2D eigenvalue weighted by Gasteiger charge is -2.34. The minimum atomic E-state index is 0.183. The molecule has 1 heterocycles. The maximum Gasteiger partial charge on any atom is 0.143 e. The van der Waals surface area contributed by atoms with Crippen LogP contribution in [0.4, 0.5) is 11.4 Å². The van der Waals surface area contributed by atoms with Gasteiger partial charge in [0.05, 0.1) is 6.04 Å². The number of allylic oxidation sites excluding steroid dienone is 2. The van der Waals surface area contributed by atoms with Gasteiger partial charge < -0.3 is 9.32 Å². The molecule has 218 valence electrons. The average molecular weight is 590 g/mol. The van der Waals surface area contributed by atoms with Gasteiger partial charge in [-0.1, -0.05) is 127 Å². The molecule has 1 unspecified atom stereocenters. The predicted molar refractivity (Wildman–Crippen MR) is 195 cm³/mol. The van der Waals surface area contributed by atoms with Gasteiger partial charge in [-0.05, 0) is 81.7 Å². The van der Waals surface area contributed by atoms with Gasteiger partial charge in [0.2, 0.25) is 0 Å². The van der Waals surface area contributed by atoms with Crippen molar-refractivity contribution < 1.29 is 4.42 Å². The average Bonchev–Trinajstić information content (AvgIpc) is 3.51. The molecule has 9 rings (SSSR count). The molecule has 0 aliphatic heterocycles. The summed E-state index contributed by atoms with van der Waals surface area (Å²) in [6.45, 7) is 0. The van der Waals surface area contributed by atoms with E-state index in [0.717, 1.165) is 33.7 Å². The summed E-state index contributed by atoms with van der Waals surface area (Å²) in [5.74, 6) is 0. The van der Waals surface area contributed by atoms with Gasteiger partial charge >= 0.3 is 0 Å². The van der Waals surface area contributed by atoms with Crippen molar-refractivity contribution in [2.75, 3.05) is 4.90 Å². The molecule has 1 aliphatic carbocycles. The van der Waals surface area contributed by atoms with Crippen molar-refractivity contribution >= 4 is 54.9 Å². The maximum absolute atomic E-state index is 6.45. The van der Waals surface area contributed by atoms with Crippen molar-refractivity contribution in [2.45, 2.75) is 12.5 Å². The van der Waals surface area contributed by atoms with Gasteiger partial charge in [-0.25, -0.2) is 0 Å². The van der Waals surface area contributed by atoms with E-state index in [-0.39, 0.29) is 6.04 Å². The Hall–Kier alpha value is -5.86. The molecule has 1 aliphatic rings. The zero-order valence-corrected chi connectivity index (χ0v) is 25.3. The number of benzene rings is 7. The molecule has 46 heavy (non-hydrogen) atoms. The zero-order chi connectivity index (χ0) is 30.5. The summed E-state index contributed by atoms with van der Waals surface area (Å²) in [5.41, 5.74) is 9.00. The van der Waals surface area contributed by atoms with Gasteiger partial charge in [-0.15, -0.1) is 0 Å². The minimum absolute atomic E-state index is 0.183. The van der Waals surface area contributed by atoms with Crippen LogP contribution in [0.15, 0.2) is 174 Å². The largest absolute Gasteiger partial charge is 0.455 e. The summed E-state index contributed by atoms with van der Waals surface area (Å²) in [7, 11) is 0. The second-order valence-corrected chi connectivity index (χ2v) is 12.1. The number of hydrogen-bond donors (Lipinski definition) is 0. The van der Waals surface area contributed by atoms with Crippen LogP contribution in [0.1, 0.15) is 6.42 Å². The van der Waals surface area contributed by atoms with Crippen molar-refractivity contribution in [3.63, 3.8) is 0 Å². The van der Waals surface area contributed by atoms with Gasteiger partial charge in [-0.2, -0.15) is 0 Å². The number of rotatable bonds is 5. The van der Waals surface area contributed by atoms with Gasteiger partial charge in [0, 0.05) is 33.1 Å². The van der Waals surface area contributed by atoms with E-state index in [1.807, 2.05) is 0 Å². The number of nitrogens with zero attached hydrogens (tertiary/aromatic N) is 1. The van der Waals surface area contributed by atoms with Gasteiger partial charge in [0.25, 0.3) is 0 Å². The zero-order valence-electron chi connectivity index (χ0n) is 25.3. The fourth-order valence-corrected chi connectivity index (χ4v) is 7.07. The van der Waals surface area contributed by atoms with Gasteiger partial charge in [0.1, 0.15) is 11.2 Å². The SMILES string of the molecule is C1=CCC(N(c2cccc(-c3ccc4ccccc4c3)c2)c2ccccc2-c2ccc3oc4c5ccccc5ccc4c3c2)C=C1. The van der Waals surface area contributed by atoms with Crippen molar-refractivity contribution in [3.8, 4) is 22.3 Å². The Morgan fingerprint density at radius 1 is 0.522 bits per heavy atom. The molecule has 0 radical (unpaired) electrons. The Kier molecular flexibility index (Phi) is 6.31. The first-order chi connectivity index (χ1) is 22.8. The van der Waals surface area contributed by atoms with Crippen LogP contribution in [0, 0.1) is 0 Å². The standard InChI is InChI=1S/C44H31NO/c1-2-15-36(16-3-1)45(37-17-10-14-33(28-37)34-22-21-30-11-4-5-13-32(30)27-34)42-20-9-8-18-38(42)35-24-26-43-41(29-35)40-25-23-31-12-6-7-19-39(31)44(40)46-43/h1-15,17-29,36H,16H2. The molecule has 1 aromatic heterocycles. The normalized spacial score (nSPS) is 14.5. The number of furan rings is 1. The third-order valence-corrected chi connectivity index (χ3v) is 9.33. The third-order valence-electron chi connectivity index (χ3n) is 9.33. The maximum atomic E-state index is 6.45. The van der Waals surface area contributed by atoms with E-state index >= 15 is 0 Å². The molecule has 0 fully saturated rings. The highest BCUT2D eigenvalue weighted by molar-refractivity contribution is 6.15. The van der Waals surface area contributed by atoms with E-state index in [0.29, 0.717) is 0 Å². The second-order valence-electron chi connectivity index (χ2n) is 12.1.